The van der Waals surface area contributed by atoms with Crippen molar-refractivity contribution in [3.63, 3.8) is 0 Å². The van der Waals surface area contributed by atoms with Gasteiger partial charge in [0.25, 0.3) is 5.91 Å². The van der Waals surface area contributed by atoms with Gasteiger partial charge in [-0.25, -0.2) is 9.97 Å². The molecule has 2 aromatic heterocycles. The second-order valence-electron chi connectivity index (χ2n) is 10.5. The molecular formula is C29H34N6O3. The van der Waals surface area contributed by atoms with Gasteiger partial charge in [0.2, 0.25) is 5.88 Å². The third kappa shape index (κ3) is 5.49. The summed E-state index contributed by atoms with van der Waals surface area (Å²) in [5.41, 5.74) is 3.79. The number of likely N-dealkylation sites (N-methyl/N-ethyl adjacent to an activating group) is 1. The van der Waals surface area contributed by atoms with Crippen molar-refractivity contribution in [1.29, 1.82) is 0 Å². The van der Waals surface area contributed by atoms with E-state index in [1.54, 1.807) is 31.5 Å². The van der Waals surface area contributed by atoms with Gasteiger partial charge in [0.15, 0.2) is 0 Å². The molecule has 0 atom stereocenters. The maximum absolute atomic E-state index is 13.2. The molecule has 0 aliphatic carbocycles. The molecule has 0 radical (unpaired) electrons. The van der Waals surface area contributed by atoms with Crippen molar-refractivity contribution >= 4 is 16.9 Å². The number of piperazine rings is 1. The van der Waals surface area contributed by atoms with Crippen molar-refractivity contribution < 1.29 is 14.6 Å². The zero-order valence-corrected chi connectivity index (χ0v) is 22.3. The molecule has 9 nitrogen and oxygen atoms in total. The van der Waals surface area contributed by atoms with Gasteiger partial charge < -0.3 is 25.0 Å². The topological polar surface area (TPSA) is 107 Å². The molecule has 2 aromatic carbocycles. The van der Waals surface area contributed by atoms with E-state index >= 15 is 0 Å². The molecule has 1 fully saturated rings. The van der Waals surface area contributed by atoms with Gasteiger partial charge in [-0.15, -0.1) is 0 Å². The minimum Gasteiger partial charge on any atom is -0.507 e. The number of fused-ring (bicyclic) bond motifs is 1. The van der Waals surface area contributed by atoms with Crippen molar-refractivity contribution in [3.8, 4) is 34.1 Å². The summed E-state index contributed by atoms with van der Waals surface area (Å²) in [7, 11) is 3.71. The molecule has 1 saturated heterocycles. The number of amides is 1. The maximum atomic E-state index is 13.2. The van der Waals surface area contributed by atoms with Crippen molar-refractivity contribution in [2.45, 2.75) is 19.4 Å². The van der Waals surface area contributed by atoms with E-state index in [0.29, 0.717) is 33.9 Å². The minimum atomic E-state index is -0.374. The van der Waals surface area contributed by atoms with Gasteiger partial charge in [0.05, 0.1) is 23.7 Å². The number of aromatic nitrogens is 3. The fraction of sp³-hybridized carbons (Fsp3) is 0.345. The lowest BCUT2D eigenvalue weighted by Crippen LogP contribution is -2.55. The summed E-state index contributed by atoms with van der Waals surface area (Å²) in [5.74, 6) is 0.977. The van der Waals surface area contributed by atoms with Gasteiger partial charge in [0, 0.05) is 55.6 Å². The lowest BCUT2D eigenvalue weighted by Gasteiger charge is -2.38. The largest absolute Gasteiger partial charge is 0.507 e. The number of aromatic amines is 1. The fourth-order valence-corrected chi connectivity index (χ4v) is 4.93. The zero-order valence-electron chi connectivity index (χ0n) is 22.3. The third-order valence-electron chi connectivity index (χ3n) is 6.94. The Morgan fingerprint density at radius 2 is 1.89 bits per heavy atom. The van der Waals surface area contributed by atoms with Crippen LogP contribution in [0.4, 0.5) is 0 Å². The standard InChI is InChI=1S/C29H34N6O3/c1-29(2,18-35-14-12-34(3)13-15-35)33-27(37)20-7-9-23-24(17-20)32-26(31-23)22-16-19(8-10-25(22)36)21-6-5-11-30-28(21)38-4/h5-11,16-17,36H,12-15,18H2,1-4H3,(H,31,32)(H,33,37). The number of phenols is 1. The normalized spacial score (nSPS) is 15.1. The number of H-pyrrole nitrogens is 1. The maximum Gasteiger partial charge on any atom is 0.251 e. The summed E-state index contributed by atoms with van der Waals surface area (Å²) in [4.78, 5) is 30.1. The van der Waals surface area contributed by atoms with Crippen LogP contribution in [0.3, 0.4) is 0 Å². The third-order valence-corrected chi connectivity index (χ3v) is 6.94. The Kier molecular flexibility index (Phi) is 7.05. The number of benzene rings is 2. The molecule has 0 spiro atoms. The number of carbonyl (C=O) groups is 1. The van der Waals surface area contributed by atoms with Gasteiger partial charge in [-0.2, -0.15) is 0 Å². The second kappa shape index (κ2) is 10.4. The smallest absolute Gasteiger partial charge is 0.251 e. The van der Waals surface area contributed by atoms with E-state index in [2.05, 4.69) is 51.0 Å². The molecule has 5 rings (SSSR count). The molecule has 1 amide bonds. The molecule has 3 N–H and O–H groups in total. The average molecular weight is 515 g/mol. The van der Waals surface area contributed by atoms with E-state index in [1.165, 1.54) is 0 Å². The molecule has 198 valence electrons. The Morgan fingerprint density at radius 3 is 2.66 bits per heavy atom. The molecule has 38 heavy (non-hydrogen) atoms. The minimum absolute atomic E-state index is 0.0966. The summed E-state index contributed by atoms with van der Waals surface area (Å²) >= 11 is 0. The number of rotatable bonds is 7. The predicted octanol–water partition coefficient (Wildman–Crippen LogP) is 3.76. The van der Waals surface area contributed by atoms with Gasteiger partial charge in [-0.3, -0.25) is 9.69 Å². The monoisotopic (exact) mass is 514 g/mol. The average Bonchev–Trinajstić information content (AvgIpc) is 3.33. The van der Waals surface area contributed by atoms with E-state index < -0.39 is 0 Å². The summed E-state index contributed by atoms with van der Waals surface area (Å²) in [6.45, 7) is 8.99. The van der Waals surface area contributed by atoms with Crippen LogP contribution < -0.4 is 10.1 Å². The van der Waals surface area contributed by atoms with Crippen LogP contribution in [0.25, 0.3) is 33.5 Å². The van der Waals surface area contributed by atoms with Crippen molar-refractivity contribution in [1.82, 2.24) is 30.1 Å². The summed E-state index contributed by atoms with van der Waals surface area (Å²) < 4.78 is 5.40. The molecule has 1 aliphatic rings. The molecule has 9 heteroatoms. The van der Waals surface area contributed by atoms with E-state index in [1.807, 2.05) is 30.3 Å². The van der Waals surface area contributed by atoms with Gasteiger partial charge in [-0.1, -0.05) is 6.07 Å². The van der Waals surface area contributed by atoms with Crippen LogP contribution in [0.1, 0.15) is 24.2 Å². The number of methoxy groups -OCH3 is 1. The summed E-state index contributed by atoms with van der Waals surface area (Å²) in [5, 5.41) is 13.8. The first kappa shape index (κ1) is 25.7. The number of aromatic hydroxyl groups is 1. The van der Waals surface area contributed by atoms with Crippen LogP contribution in [0.5, 0.6) is 11.6 Å². The van der Waals surface area contributed by atoms with E-state index in [9.17, 15) is 9.90 Å². The number of imidazole rings is 1. The number of nitrogens with one attached hydrogen (secondary N) is 2. The lowest BCUT2D eigenvalue weighted by atomic mass is 10.0. The molecule has 1 aliphatic heterocycles. The first-order chi connectivity index (χ1) is 18.2. The van der Waals surface area contributed by atoms with Crippen molar-refractivity contribution in [3.05, 3.63) is 60.3 Å². The number of phenolic OH excluding ortho intramolecular Hbond substituents is 1. The van der Waals surface area contributed by atoms with Crippen LogP contribution in [0.2, 0.25) is 0 Å². The SMILES string of the molecule is COc1ncccc1-c1ccc(O)c(-c2nc3ccc(C(=O)NC(C)(C)CN4CCN(C)CC4)cc3[nH]2)c1. The highest BCUT2D eigenvalue weighted by atomic mass is 16.5. The zero-order chi connectivity index (χ0) is 26.9. The Hall–Kier alpha value is -3.95. The van der Waals surface area contributed by atoms with E-state index in [4.69, 9.17) is 4.74 Å². The first-order valence-corrected chi connectivity index (χ1v) is 12.8. The van der Waals surface area contributed by atoms with Crippen LogP contribution in [0.15, 0.2) is 54.7 Å². The van der Waals surface area contributed by atoms with Gasteiger partial charge >= 0.3 is 0 Å². The molecule has 3 heterocycles. The Balaban J connectivity index is 1.37. The van der Waals surface area contributed by atoms with Crippen LogP contribution in [-0.2, 0) is 0 Å². The van der Waals surface area contributed by atoms with Crippen LogP contribution in [-0.4, -0.2) is 88.2 Å². The molecule has 0 saturated carbocycles. The molecular weight excluding hydrogens is 480 g/mol. The molecule has 0 unspecified atom stereocenters. The van der Waals surface area contributed by atoms with Gasteiger partial charge in [-0.05, 0) is 68.9 Å². The number of pyridine rings is 1. The first-order valence-electron chi connectivity index (χ1n) is 12.8. The van der Waals surface area contributed by atoms with Crippen molar-refractivity contribution in [2.75, 3.05) is 46.9 Å². The lowest BCUT2D eigenvalue weighted by molar-refractivity contribution is 0.0850. The highest BCUT2D eigenvalue weighted by molar-refractivity contribution is 5.98. The highest BCUT2D eigenvalue weighted by Gasteiger charge is 2.26. The molecule has 4 aromatic rings. The quantitative estimate of drug-likeness (QED) is 0.345. The Labute approximate surface area is 222 Å². The van der Waals surface area contributed by atoms with E-state index in [0.717, 1.165) is 43.9 Å². The number of nitrogens with zero attached hydrogens (tertiary/aromatic N) is 4. The Bertz CT molecular complexity index is 1460. The number of hydrogen-bond acceptors (Lipinski definition) is 7. The van der Waals surface area contributed by atoms with Crippen LogP contribution in [0, 0.1) is 0 Å². The van der Waals surface area contributed by atoms with Crippen molar-refractivity contribution in [2.24, 2.45) is 0 Å². The number of hydrogen-bond donors (Lipinski definition) is 3. The van der Waals surface area contributed by atoms with Gasteiger partial charge in [0.1, 0.15) is 11.6 Å². The fourth-order valence-electron chi connectivity index (χ4n) is 4.93. The number of ether oxygens (including phenoxy) is 1. The van der Waals surface area contributed by atoms with E-state index in [-0.39, 0.29) is 17.2 Å². The second-order valence-corrected chi connectivity index (χ2v) is 10.5. The highest BCUT2D eigenvalue weighted by Crippen LogP contribution is 2.35. The number of carbonyl (C=O) groups excluding carboxylic acids is 1. The molecule has 0 bridgehead atoms. The summed E-state index contributed by atoms with van der Waals surface area (Å²) in [6, 6.07) is 14.5. The summed E-state index contributed by atoms with van der Waals surface area (Å²) in [6.07, 6.45) is 1.67. The van der Waals surface area contributed by atoms with Crippen LogP contribution >= 0.6 is 0 Å². The Morgan fingerprint density at radius 1 is 1.11 bits per heavy atom. The predicted molar refractivity (Wildman–Crippen MR) is 148 cm³/mol.